The van der Waals surface area contributed by atoms with E-state index >= 15 is 0 Å². The molecule has 0 spiro atoms. The number of hydrogen-bond donors (Lipinski definition) is 2. The SMILES string of the molecule is CC(C)=CCC[C@@](C)(O)[C@H]1CC[C@H]2[C@@H]3CC=C4C[C@@H](O)CC[C@]4(C)[C@H]3CC[C@@]21C. The van der Waals surface area contributed by atoms with Gasteiger partial charge in [0.25, 0.3) is 0 Å². The molecule has 0 aromatic carbocycles. The summed E-state index contributed by atoms with van der Waals surface area (Å²) in [6, 6.07) is 0. The quantitative estimate of drug-likeness (QED) is 0.534. The Morgan fingerprint density at radius 2 is 1.90 bits per heavy atom. The molecule has 3 fully saturated rings. The second-order valence-corrected chi connectivity index (χ2v) is 12.0. The Morgan fingerprint density at radius 1 is 1.14 bits per heavy atom. The predicted octanol–water partition coefficient (Wildman–Crippen LogP) is 6.42. The molecule has 2 heteroatoms. The smallest absolute Gasteiger partial charge is 0.0656 e. The molecular weight excluding hydrogens is 356 g/mol. The van der Waals surface area contributed by atoms with E-state index in [9.17, 15) is 10.2 Å². The van der Waals surface area contributed by atoms with Crippen LogP contribution in [-0.2, 0) is 0 Å². The number of aliphatic hydroxyl groups is 2. The van der Waals surface area contributed by atoms with Gasteiger partial charge in [-0.25, -0.2) is 0 Å². The highest BCUT2D eigenvalue weighted by atomic mass is 16.3. The van der Waals surface area contributed by atoms with Crippen LogP contribution in [-0.4, -0.2) is 21.9 Å². The van der Waals surface area contributed by atoms with Crippen LogP contribution in [0.5, 0.6) is 0 Å². The molecule has 0 aliphatic heterocycles. The Bertz CT molecular complexity index is 685. The standard InChI is InChI=1S/C27H44O2/c1-18(2)7-6-14-27(5,29)24-11-10-22-21-9-8-19-17-20(28)12-15-25(19,3)23(21)13-16-26(22,24)4/h7-8,20-24,28-29H,6,9-17H2,1-5H3/t20-,21-,22-,23-,24-,25-,26-,27+/m0/s1. The zero-order valence-electron chi connectivity index (χ0n) is 19.5. The summed E-state index contributed by atoms with van der Waals surface area (Å²) in [6.07, 6.45) is 15.9. The molecule has 0 heterocycles. The topological polar surface area (TPSA) is 40.5 Å². The van der Waals surface area contributed by atoms with Gasteiger partial charge in [-0.15, -0.1) is 0 Å². The van der Waals surface area contributed by atoms with E-state index in [4.69, 9.17) is 0 Å². The van der Waals surface area contributed by atoms with Crippen molar-refractivity contribution in [3.8, 4) is 0 Å². The fourth-order valence-corrected chi connectivity index (χ4v) is 8.49. The average molecular weight is 401 g/mol. The van der Waals surface area contributed by atoms with E-state index in [1.165, 1.54) is 37.7 Å². The van der Waals surface area contributed by atoms with Gasteiger partial charge in [0, 0.05) is 0 Å². The third-order valence-electron chi connectivity index (χ3n) is 10.0. The van der Waals surface area contributed by atoms with E-state index < -0.39 is 5.60 Å². The normalized spacial score (nSPS) is 46.0. The van der Waals surface area contributed by atoms with Crippen LogP contribution in [0.25, 0.3) is 0 Å². The van der Waals surface area contributed by atoms with Crippen molar-refractivity contribution in [3.05, 3.63) is 23.3 Å². The van der Waals surface area contributed by atoms with Crippen LogP contribution in [0.3, 0.4) is 0 Å². The summed E-state index contributed by atoms with van der Waals surface area (Å²) in [4.78, 5) is 0. The second kappa shape index (κ2) is 7.52. The molecule has 4 rings (SSSR count). The minimum atomic E-state index is -0.559. The first kappa shape index (κ1) is 21.6. The van der Waals surface area contributed by atoms with Crippen molar-refractivity contribution in [1.82, 2.24) is 0 Å². The van der Waals surface area contributed by atoms with E-state index in [0.717, 1.165) is 49.9 Å². The number of hydrogen-bond acceptors (Lipinski definition) is 2. The first-order valence-corrected chi connectivity index (χ1v) is 12.3. The lowest BCUT2D eigenvalue weighted by Crippen LogP contribution is -2.53. The largest absolute Gasteiger partial charge is 0.393 e. The molecule has 0 saturated heterocycles. The highest BCUT2D eigenvalue weighted by molar-refractivity contribution is 5.25. The number of aliphatic hydroxyl groups excluding tert-OH is 1. The van der Waals surface area contributed by atoms with Gasteiger partial charge in [0.2, 0.25) is 0 Å². The molecule has 3 saturated carbocycles. The predicted molar refractivity (Wildman–Crippen MR) is 120 cm³/mol. The van der Waals surface area contributed by atoms with Crippen molar-refractivity contribution in [3.63, 3.8) is 0 Å². The molecule has 0 aromatic heterocycles. The molecule has 2 N–H and O–H groups in total. The lowest BCUT2D eigenvalue weighted by Gasteiger charge is -2.59. The second-order valence-electron chi connectivity index (χ2n) is 12.0. The van der Waals surface area contributed by atoms with Gasteiger partial charge in [0.05, 0.1) is 11.7 Å². The first-order chi connectivity index (χ1) is 13.6. The summed E-state index contributed by atoms with van der Waals surface area (Å²) < 4.78 is 0. The Labute approximate surface area is 178 Å². The van der Waals surface area contributed by atoms with Crippen molar-refractivity contribution in [2.75, 3.05) is 0 Å². The Balaban J connectivity index is 1.55. The van der Waals surface area contributed by atoms with E-state index in [1.54, 1.807) is 5.57 Å². The molecule has 0 radical (unpaired) electrons. The maximum Gasteiger partial charge on any atom is 0.0656 e. The highest BCUT2D eigenvalue weighted by Crippen LogP contribution is 2.67. The minimum Gasteiger partial charge on any atom is -0.393 e. The minimum absolute atomic E-state index is 0.119. The summed E-state index contributed by atoms with van der Waals surface area (Å²) >= 11 is 0. The van der Waals surface area contributed by atoms with Gasteiger partial charge in [-0.3, -0.25) is 0 Å². The number of rotatable bonds is 4. The van der Waals surface area contributed by atoms with Crippen LogP contribution in [0.15, 0.2) is 23.3 Å². The number of fused-ring (bicyclic) bond motifs is 5. The van der Waals surface area contributed by atoms with Gasteiger partial charge in [-0.1, -0.05) is 37.1 Å². The lowest BCUT2D eigenvalue weighted by atomic mass is 9.46. The van der Waals surface area contributed by atoms with Crippen LogP contribution in [0, 0.1) is 34.5 Å². The van der Waals surface area contributed by atoms with E-state index in [-0.39, 0.29) is 11.5 Å². The molecule has 0 unspecified atom stereocenters. The van der Waals surface area contributed by atoms with Crippen molar-refractivity contribution in [1.29, 1.82) is 0 Å². The van der Waals surface area contributed by atoms with E-state index in [2.05, 4.69) is 46.8 Å². The Hall–Kier alpha value is -0.600. The summed E-state index contributed by atoms with van der Waals surface area (Å²) in [5.74, 6) is 2.74. The summed E-state index contributed by atoms with van der Waals surface area (Å²) in [6.45, 7) is 11.5. The van der Waals surface area contributed by atoms with Crippen LogP contribution < -0.4 is 0 Å². The maximum absolute atomic E-state index is 11.5. The summed E-state index contributed by atoms with van der Waals surface area (Å²) in [5.41, 5.74) is 2.95. The monoisotopic (exact) mass is 400 g/mol. The molecule has 8 atom stereocenters. The lowest BCUT2D eigenvalue weighted by molar-refractivity contribution is -0.104. The van der Waals surface area contributed by atoms with Gasteiger partial charge < -0.3 is 10.2 Å². The molecule has 29 heavy (non-hydrogen) atoms. The van der Waals surface area contributed by atoms with Gasteiger partial charge in [0.15, 0.2) is 0 Å². The van der Waals surface area contributed by atoms with Gasteiger partial charge in [-0.05, 0) is 119 Å². The first-order valence-electron chi connectivity index (χ1n) is 12.3. The van der Waals surface area contributed by atoms with Crippen molar-refractivity contribution in [2.45, 2.75) is 111 Å². The zero-order valence-corrected chi connectivity index (χ0v) is 19.5. The van der Waals surface area contributed by atoms with Gasteiger partial charge in [0.1, 0.15) is 0 Å². The van der Waals surface area contributed by atoms with Crippen LogP contribution in [0.4, 0.5) is 0 Å². The highest BCUT2D eigenvalue weighted by Gasteiger charge is 2.61. The third kappa shape index (κ3) is 3.57. The molecule has 0 amide bonds. The van der Waals surface area contributed by atoms with Crippen LogP contribution >= 0.6 is 0 Å². The van der Waals surface area contributed by atoms with Crippen molar-refractivity contribution >= 4 is 0 Å². The third-order valence-corrected chi connectivity index (χ3v) is 10.0. The summed E-state index contributed by atoms with van der Waals surface area (Å²) in [5, 5.41) is 21.7. The molecule has 2 nitrogen and oxygen atoms in total. The maximum atomic E-state index is 11.5. The summed E-state index contributed by atoms with van der Waals surface area (Å²) in [7, 11) is 0. The fourth-order valence-electron chi connectivity index (χ4n) is 8.49. The Morgan fingerprint density at radius 3 is 2.62 bits per heavy atom. The molecule has 0 aromatic rings. The molecule has 0 bridgehead atoms. The van der Waals surface area contributed by atoms with Crippen LogP contribution in [0.2, 0.25) is 0 Å². The Kier molecular flexibility index (Phi) is 5.61. The average Bonchev–Trinajstić information content (AvgIpc) is 3.00. The van der Waals surface area contributed by atoms with Crippen molar-refractivity contribution in [2.24, 2.45) is 34.5 Å². The van der Waals surface area contributed by atoms with Crippen molar-refractivity contribution < 1.29 is 10.2 Å². The molecule has 164 valence electrons. The van der Waals surface area contributed by atoms with Gasteiger partial charge in [-0.2, -0.15) is 0 Å². The fraction of sp³-hybridized carbons (Fsp3) is 0.852. The van der Waals surface area contributed by atoms with Gasteiger partial charge >= 0.3 is 0 Å². The molecule has 4 aliphatic rings. The molecular formula is C27H44O2. The molecule has 4 aliphatic carbocycles. The number of allylic oxidation sites excluding steroid dienone is 3. The van der Waals surface area contributed by atoms with E-state index in [1.807, 2.05) is 0 Å². The van der Waals surface area contributed by atoms with E-state index in [0.29, 0.717) is 11.3 Å². The van der Waals surface area contributed by atoms with Crippen LogP contribution in [0.1, 0.15) is 98.8 Å². The zero-order chi connectivity index (χ0) is 21.0.